The van der Waals surface area contributed by atoms with Crippen LogP contribution >= 0.6 is 0 Å². The molecule has 1 aliphatic heterocycles. The van der Waals surface area contributed by atoms with E-state index in [1.165, 1.54) is 19.3 Å². The number of anilines is 1. The monoisotopic (exact) mass is 345 g/mol. The molecule has 2 amide bonds. The van der Waals surface area contributed by atoms with Crippen molar-refractivity contribution in [1.82, 2.24) is 10.2 Å². The van der Waals surface area contributed by atoms with Gasteiger partial charge in [0.25, 0.3) is 0 Å². The first-order valence-electron chi connectivity index (χ1n) is 9.37. The first-order chi connectivity index (χ1) is 12.0. The Bertz CT molecular complexity index is 572. The standard InChI is InChI=1S/C20H31N3O2/c1-15-10-9-11-16(2)19(15)22-18(24)14-21-20(25)17(3)23-12-7-5-4-6-8-13-23/h9-11,17H,4-8,12-14H2,1-3H3,(H,21,25)(H,22,24)/t17-/m0/s1. The second-order valence-electron chi connectivity index (χ2n) is 7.01. The fourth-order valence-corrected chi connectivity index (χ4v) is 3.34. The van der Waals surface area contributed by atoms with Gasteiger partial charge in [-0.3, -0.25) is 14.5 Å². The van der Waals surface area contributed by atoms with Gasteiger partial charge in [-0.15, -0.1) is 0 Å². The molecular weight excluding hydrogens is 314 g/mol. The summed E-state index contributed by atoms with van der Waals surface area (Å²) < 4.78 is 0. The number of carbonyl (C=O) groups excluding carboxylic acids is 2. The highest BCUT2D eigenvalue weighted by atomic mass is 16.2. The minimum atomic E-state index is -0.189. The van der Waals surface area contributed by atoms with E-state index in [9.17, 15) is 9.59 Å². The predicted octanol–water partition coefficient (Wildman–Crippen LogP) is 3.01. The van der Waals surface area contributed by atoms with E-state index in [2.05, 4.69) is 15.5 Å². The van der Waals surface area contributed by atoms with Crippen molar-refractivity contribution in [3.8, 4) is 0 Å². The third-order valence-electron chi connectivity index (χ3n) is 4.99. The third kappa shape index (κ3) is 5.85. The Morgan fingerprint density at radius 1 is 1.04 bits per heavy atom. The first kappa shape index (κ1) is 19.4. The summed E-state index contributed by atoms with van der Waals surface area (Å²) in [6.07, 6.45) is 6.06. The number of hydrogen-bond acceptors (Lipinski definition) is 3. The van der Waals surface area contributed by atoms with Crippen LogP contribution in [-0.4, -0.2) is 42.4 Å². The zero-order valence-corrected chi connectivity index (χ0v) is 15.7. The van der Waals surface area contributed by atoms with E-state index >= 15 is 0 Å². The quantitative estimate of drug-likeness (QED) is 0.862. The van der Waals surface area contributed by atoms with Crippen LogP contribution in [0.2, 0.25) is 0 Å². The van der Waals surface area contributed by atoms with E-state index in [4.69, 9.17) is 0 Å². The number of benzene rings is 1. The van der Waals surface area contributed by atoms with Gasteiger partial charge >= 0.3 is 0 Å². The lowest BCUT2D eigenvalue weighted by atomic mass is 10.1. The number of amides is 2. The number of para-hydroxylation sites is 1. The summed E-state index contributed by atoms with van der Waals surface area (Å²) >= 11 is 0. The van der Waals surface area contributed by atoms with Crippen LogP contribution in [0.5, 0.6) is 0 Å². The van der Waals surface area contributed by atoms with Crippen LogP contribution in [0.4, 0.5) is 5.69 Å². The van der Waals surface area contributed by atoms with Gasteiger partial charge < -0.3 is 10.6 Å². The number of nitrogens with zero attached hydrogens (tertiary/aromatic N) is 1. The molecule has 0 saturated carbocycles. The summed E-state index contributed by atoms with van der Waals surface area (Å²) in [5.41, 5.74) is 2.88. The average molecular weight is 345 g/mol. The van der Waals surface area contributed by atoms with Gasteiger partial charge in [-0.05, 0) is 57.8 Å². The van der Waals surface area contributed by atoms with Gasteiger partial charge in [0.05, 0.1) is 12.6 Å². The van der Waals surface area contributed by atoms with Gasteiger partial charge in [-0.1, -0.05) is 37.5 Å². The number of rotatable bonds is 5. The predicted molar refractivity (Wildman–Crippen MR) is 102 cm³/mol. The minimum absolute atomic E-state index is 0.00475. The van der Waals surface area contributed by atoms with Crippen LogP contribution in [0, 0.1) is 13.8 Å². The molecule has 1 aromatic carbocycles. The molecule has 1 aromatic rings. The molecular formula is C20H31N3O2. The molecule has 0 unspecified atom stereocenters. The fourth-order valence-electron chi connectivity index (χ4n) is 3.34. The van der Waals surface area contributed by atoms with Crippen LogP contribution < -0.4 is 10.6 Å². The Kier molecular flexibility index (Phi) is 7.44. The van der Waals surface area contributed by atoms with Gasteiger partial charge in [-0.2, -0.15) is 0 Å². The van der Waals surface area contributed by atoms with E-state index in [-0.39, 0.29) is 24.4 Å². The molecule has 2 N–H and O–H groups in total. The minimum Gasteiger partial charge on any atom is -0.346 e. The van der Waals surface area contributed by atoms with Crippen molar-refractivity contribution >= 4 is 17.5 Å². The Balaban J connectivity index is 1.82. The van der Waals surface area contributed by atoms with Crippen molar-refractivity contribution in [2.75, 3.05) is 25.0 Å². The molecule has 2 rings (SSSR count). The molecule has 5 heteroatoms. The van der Waals surface area contributed by atoms with Crippen LogP contribution in [0.15, 0.2) is 18.2 Å². The first-order valence-corrected chi connectivity index (χ1v) is 9.37. The summed E-state index contributed by atoms with van der Waals surface area (Å²) in [5.74, 6) is -0.261. The van der Waals surface area contributed by atoms with Gasteiger partial charge in [0.1, 0.15) is 0 Å². The van der Waals surface area contributed by atoms with Crippen molar-refractivity contribution < 1.29 is 9.59 Å². The second kappa shape index (κ2) is 9.56. The van der Waals surface area contributed by atoms with Crippen molar-refractivity contribution in [3.05, 3.63) is 29.3 Å². The van der Waals surface area contributed by atoms with Crippen molar-refractivity contribution in [2.24, 2.45) is 0 Å². The Morgan fingerprint density at radius 2 is 1.60 bits per heavy atom. The second-order valence-corrected chi connectivity index (χ2v) is 7.01. The summed E-state index contributed by atoms with van der Waals surface area (Å²) in [7, 11) is 0. The average Bonchev–Trinajstić information content (AvgIpc) is 2.55. The normalized spacial score (nSPS) is 17.2. The molecule has 0 aliphatic carbocycles. The molecule has 138 valence electrons. The Labute approximate surface area is 151 Å². The molecule has 0 bridgehead atoms. The van der Waals surface area contributed by atoms with Crippen LogP contribution in [0.3, 0.4) is 0 Å². The van der Waals surface area contributed by atoms with Gasteiger partial charge in [0, 0.05) is 5.69 Å². The molecule has 1 saturated heterocycles. The Hall–Kier alpha value is -1.88. The maximum Gasteiger partial charge on any atom is 0.243 e. The number of aryl methyl sites for hydroxylation is 2. The lowest BCUT2D eigenvalue weighted by Gasteiger charge is -2.29. The number of nitrogens with one attached hydrogen (secondary N) is 2. The molecule has 1 heterocycles. The van der Waals surface area contributed by atoms with E-state index in [1.54, 1.807) is 0 Å². The van der Waals surface area contributed by atoms with Crippen molar-refractivity contribution in [2.45, 2.75) is 58.9 Å². The summed E-state index contributed by atoms with van der Waals surface area (Å²) in [4.78, 5) is 26.8. The maximum atomic E-state index is 12.4. The molecule has 0 aromatic heterocycles. The van der Waals surface area contributed by atoms with Crippen LogP contribution in [-0.2, 0) is 9.59 Å². The topological polar surface area (TPSA) is 61.4 Å². The third-order valence-corrected chi connectivity index (χ3v) is 4.99. The molecule has 1 aliphatic rings. The smallest absolute Gasteiger partial charge is 0.243 e. The van der Waals surface area contributed by atoms with Crippen LogP contribution in [0.25, 0.3) is 0 Å². The number of hydrogen-bond donors (Lipinski definition) is 2. The summed E-state index contributed by atoms with van der Waals surface area (Å²) in [5, 5.41) is 5.69. The zero-order valence-electron chi connectivity index (χ0n) is 15.7. The van der Waals surface area contributed by atoms with Crippen molar-refractivity contribution in [3.63, 3.8) is 0 Å². The van der Waals surface area contributed by atoms with E-state index < -0.39 is 0 Å². The molecule has 1 atom stereocenters. The highest BCUT2D eigenvalue weighted by Gasteiger charge is 2.22. The molecule has 25 heavy (non-hydrogen) atoms. The molecule has 0 spiro atoms. The summed E-state index contributed by atoms with van der Waals surface area (Å²) in [6, 6.07) is 5.70. The molecule has 0 radical (unpaired) electrons. The lowest BCUT2D eigenvalue weighted by Crippen LogP contribution is -2.47. The molecule has 1 fully saturated rings. The fraction of sp³-hybridized carbons (Fsp3) is 0.600. The number of likely N-dealkylation sites (tertiary alicyclic amines) is 1. The lowest BCUT2D eigenvalue weighted by molar-refractivity contribution is -0.128. The van der Waals surface area contributed by atoms with Crippen molar-refractivity contribution in [1.29, 1.82) is 0 Å². The Morgan fingerprint density at radius 3 is 2.20 bits per heavy atom. The highest BCUT2D eigenvalue weighted by molar-refractivity contribution is 5.96. The zero-order chi connectivity index (χ0) is 18.2. The maximum absolute atomic E-state index is 12.4. The van der Waals surface area contributed by atoms with E-state index in [1.807, 2.05) is 39.0 Å². The SMILES string of the molecule is Cc1cccc(C)c1NC(=O)CNC(=O)[C@H](C)N1CCCCCCC1. The van der Waals surface area contributed by atoms with Crippen LogP contribution in [0.1, 0.15) is 50.2 Å². The van der Waals surface area contributed by atoms with E-state index in [0.29, 0.717) is 0 Å². The van der Waals surface area contributed by atoms with Gasteiger partial charge in [-0.25, -0.2) is 0 Å². The van der Waals surface area contributed by atoms with E-state index in [0.717, 1.165) is 42.7 Å². The van der Waals surface area contributed by atoms with Gasteiger partial charge in [0.2, 0.25) is 11.8 Å². The highest BCUT2D eigenvalue weighted by Crippen LogP contribution is 2.19. The van der Waals surface area contributed by atoms with Gasteiger partial charge in [0.15, 0.2) is 0 Å². The number of carbonyl (C=O) groups is 2. The molecule has 5 nitrogen and oxygen atoms in total. The summed E-state index contributed by atoms with van der Waals surface area (Å²) in [6.45, 7) is 7.79. The largest absolute Gasteiger partial charge is 0.346 e.